The molecule has 21 heavy (non-hydrogen) atoms. The van der Waals surface area contributed by atoms with Gasteiger partial charge in [0.2, 0.25) is 0 Å². The van der Waals surface area contributed by atoms with Crippen molar-refractivity contribution >= 4 is 0 Å². The van der Waals surface area contributed by atoms with E-state index in [1.165, 1.54) is 22.3 Å². The fraction of sp³-hybridized carbons (Fsp3) is 0.667. The third kappa shape index (κ3) is 4.21. The summed E-state index contributed by atoms with van der Waals surface area (Å²) in [6.07, 6.45) is 2.00. The van der Waals surface area contributed by atoms with Crippen molar-refractivity contribution in [3.8, 4) is 5.75 Å². The maximum atomic E-state index is 9.42. The Hall–Kier alpha value is -1.06. The molecule has 1 rings (SSSR count). The first-order chi connectivity index (χ1) is 9.99. The van der Waals surface area contributed by atoms with Crippen LogP contribution >= 0.6 is 0 Å². The van der Waals surface area contributed by atoms with Crippen molar-refractivity contribution < 1.29 is 9.84 Å². The first kappa shape index (κ1) is 18.0. The Morgan fingerprint density at radius 1 is 1.19 bits per heavy atom. The molecule has 0 amide bonds. The summed E-state index contributed by atoms with van der Waals surface area (Å²) in [7, 11) is 0. The van der Waals surface area contributed by atoms with Crippen LogP contribution in [0.2, 0.25) is 0 Å². The number of aryl methyl sites for hydroxylation is 1. The van der Waals surface area contributed by atoms with Gasteiger partial charge in [-0.05, 0) is 87.2 Å². The number of aliphatic hydroxyl groups is 1. The molecule has 0 heterocycles. The van der Waals surface area contributed by atoms with Crippen LogP contribution in [0.4, 0.5) is 0 Å². The number of ether oxygens (including phenoxy) is 1. The Labute approximate surface area is 129 Å². The van der Waals surface area contributed by atoms with Gasteiger partial charge in [0, 0.05) is 6.61 Å². The predicted octanol–water partition coefficient (Wildman–Crippen LogP) is 3.46. The van der Waals surface area contributed by atoms with Gasteiger partial charge in [-0.2, -0.15) is 0 Å². The molecule has 3 N–H and O–H groups in total. The molecule has 3 nitrogen and oxygen atoms in total. The SMILES string of the molecule is CCOc1cc(C)c(C(CC)CC(CN)CO)c(C)c1C. The van der Waals surface area contributed by atoms with Crippen LogP contribution in [0.1, 0.15) is 54.9 Å². The normalized spacial score (nSPS) is 14.0. The van der Waals surface area contributed by atoms with Crippen LogP contribution in [-0.2, 0) is 0 Å². The summed E-state index contributed by atoms with van der Waals surface area (Å²) in [5, 5.41) is 9.42. The van der Waals surface area contributed by atoms with Crippen molar-refractivity contribution in [3.63, 3.8) is 0 Å². The number of aliphatic hydroxyl groups excluding tert-OH is 1. The summed E-state index contributed by atoms with van der Waals surface area (Å²) >= 11 is 0. The van der Waals surface area contributed by atoms with Crippen LogP contribution in [-0.4, -0.2) is 24.9 Å². The Morgan fingerprint density at radius 3 is 2.33 bits per heavy atom. The fourth-order valence-electron chi connectivity index (χ4n) is 3.14. The number of rotatable bonds is 8. The molecule has 0 saturated carbocycles. The molecular formula is C18H31NO2. The summed E-state index contributed by atoms with van der Waals surface area (Å²) in [6, 6.07) is 2.15. The van der Waals surface area contributed by atoms with Gasteiger partial charge in [-0.3, -0.25) is 0 Å². The second-order valence-corrected chi connectivity index (χ2v) is 5.91. The lowest BCUT2D eigenvalue weighted by molar-refractivity contribution is 0.214. The van der Waals surface area contributed by atoms with Gasteiger partial charge < -0.3 is 15.6 Å². The molecular weight excluding hydrogens is 262 g/mol. The van der Waals surface area contributed by atoms with E-state index in [0.717, 1.165) is 18.6 Å². The maximum absolute atomic E-state index is 9.42. The minimum Gasteiger partial charge on any atom is -0.494 e. The molecule has 0 aliphatic heterocycles. The van der Waals surface area contributed by atoms with Crippen molar-refractivity contribution in [2.45, 2.75) is 53.4 Å². The van der Waals surface area contributed by atoms with Gasteiger partial charge in [-0.15, -0.1) is 0 Å². The van der Waals surface area contributed by atoms with Crippen LogP contribution in [0.3, 0.4) is 0 Å². The highest BCUT2D eigenvalue weighted by Crippen LogP contribution is 2.36. The average molecular weight is 293 g/mol. The van der Waals surface area contributed by atoms with Crippen molar-refractivity contribution in [3.05, 3.63) is 28.3 Å². The molecule has 0 aromatic heterocycles. The molecule has 0 saturated heterocycles. The van der Waals surface area contributed by atoms with E-state index in [2.05, 4.69) is 33.8 Å². The summed E-state index contributed by atoms with van der Waals surface area (Å²) < 4.78 is 5.73. The lowest BCUT2D eigenvalue weighted by Gasteiger charge is -2.26. The summed E-state index contributed by atoms with van der Waals surface area (Å²) in [5.74, 6) is 1.62. The second kappa shape index (κ2) is 8.40. The average Bonchev–Trinajstić information content (AvgIpc) is 2.48. The second-order valence-electron chi connectivity index (χ2n) is 5.91. The Kier molecular flexibility index (Phi) is 7.20. The van der Waals surface area contributed by atoms with E-state index >= 15 is 0 Å². The van der Waals surface area contributed by atoms with Gasteiger partial charge in [0.05, 0.1) is 6.61 Å². The molecule has 1 aromatic rings. The minimum absolute atomic E-state index is 0.168. The van der Waals surface area contributed by atoms with Crippen molar-refractivity contribution in [2.24, 2.45) is 11.7 Å². The third-order valence-corrected chi connectivity index (χ3v) is 4.52. The predicted molar refractivity (Wildman–Crippen MR) is 89.1 cm³/mol. The van der Waals surface area contributed by atoms with E-state index in [1.807, 2.05) is 6.92 Å². The van der Waals surface area contributed by atoms with Gasteiger partial charge in [-0.25, -0.2) is 0 Å². The van der Waals surface area contributed by atoms with Gasteiger partial charge in [0.25, 0.3) is 0 Å². The smallest absolute Gasteiger partial charge is 0.122 e. The standard InChI is InChI=1S/C18H31NO2/c1-6-16(9-15(10-19)11-20)18-12(3)8-17(21-7-2)13(4)14(18)5/h8,15-16,20H,6-7,9-11,19H2,1-5H3. The summed E-state index contributed by atoms with van der Waals surface area (Å²) in [6.45, 7) is 12.1. The molecule has 0 spiro atoms. The zero-order valence-electron chi connectivity index (χ0n) is 14.2. The van der Waals surface area contributed by atoms with Crippen LogP contribution in [0.25, 0.3) is 0 Å². The van der Waals surface area contributed by atoms with Crippen LogP contribution < -0.4 is 10.5 Å². The van der Waals surface area contributed by atoms with E-state index in [1.54, 1.807) is 0 Å². The van der Waals surface area contributed by atoms with Gasteiger partial charge in [0.1, 0.15) is 5.75 Å². The topological polar surface area (TPSA) is 55.5 Å². The minimum atomic E-state index is 0.168. The fourth-order valence-corrected chi connectivity index (χ4v) is 3.14. The highest BCUT2D eigenvalue weighted by atomic mass is 16.5. The molecule has 0 aliphatic carbocycles. The summed E-state index contributed by atoms with van der Waals surface area (Å²) in [5.41, 5.74) is 11.0. The lowest BCUT2D eigenvalue weighted by Crippen LogP contribution is -2.21. The van der Waals surface area contributed by atoms with Crippen molar-refractivity contribution in [2.75, 3.05) is 19.8 Å². The maximum Gasteiger partial charge on any atom is 0.122 e. The molecule has 2 unspecified atom stereocenters. The van der Waals surface area contributed by atoms with E-state index in [-0.39, 0.29) is 12.5 Å². The van der Waals surface area contributed by atoms with Crippen LogP contribution in [0.5, 0.6) is 5.75 Å². The van der Waals surface area contributed by atoms with E-state index in [0.29, 0.717) is 19.1 Å². The molecule has 0 fully saturated rings. The highest BCUT2D eigenvalue weighted by Gasteiger charge is 2.21. The Balaban J connectivity index is 3.18. The zero-order chi connectivity index (χ0) is 16.0. The monoisotopic (exact) mass is 293 g/mol. The van der Waals surface area contributed by atoms with Crippen molar-refractivity contribution in [1.82, 2.24) is 0 Å². The Bertz CT molecular complexity index is 453. The highest BCUT2D eigenvalue weighted by molar-refractivity contribution is 5.49. The largest absolute Gasteiger partial charge is 0.494 e. The zero-order valence-corrected chi connectivity index (χ0v) is 14.2. The molecule has 120 valence electrons. The molecule has 1 aromatic carbocycles. The first-order valence-corrected chi connectivity index (χ1v) is 8.04. The van der Waals surface area contributed by atoms with E-state index in [4.69, 9.17) is 10.5 Å². The number of hydrogen-bond donors (Lipinski definition) is 2. The van der Waals surface area contributed by atoms with Gasteiger partial charge in [-0.1, -0.05) is 6.92 Å². The van der Waals surface area contributed by atoms with Crippen LogP contribution in [0, 0.1) is 26.7 Å². The third-order valence-electron chi connectivity index (χ3n) is 4.52. The molecule has 0 aliphatic rings. The number of hydrogen-bond acceptors (Lipinski definition) is 3. The molecule has 0 bridgehead atoms. The van der Waals surface area contributed by atoms with Crippen molar-refractivity contribution in [1.29, 1.82) is 0 Å². The number of benzene rings is 1. The van der Waals surface area contributed by atoms with Crippen LogP contribution in [0.15, 0.2) is 6.07 Å². The lowest BCUT2D eigenvalue weighted by atomic mass is 9.81. The number of nitrogens with two attached hydrogens (primary N) is 1. The Morgan fingerprint density at radius 2 is 1.86 bits per heavy atom. The van der Waals surface area contributed by atoms with E-state index in [9.17, 15) is 5.11 Å². The molecule has 3 heteroatoms. The first-order valence-electron chi connectivity index (χ1n) is 8.04. The van der Waals surface area contributed by atoms with Gasteiger partial charge in [0.15, 0.2) is 0 Å². The van der Waals surface area contributed by atoms with E-state index < -0.39 is 0 Å². The van der Waals surface area contributed by atoms with Gasteiger partial charge >= 0.3 is 0 Å². The molecule has 0 radical (unpaired) electrons. The summed E-state index contributed by atoms with van der Waals surface area (Å²) in [4.78, 5) is 0. The molecule has 2 atom stereocenters. The quantitative estimate of drug-likeness (QED) is 0.771.